The number of aromatic nitrogens is 2. The van der Waals surface area contributed by atoms with Crippen molar-refractivity contribution >= 4 is 11.9 Å². The number of hydrogen-bond acceptors (Lipinski definition) is 3. The number of hydrogen-bond donors (Lipinski definition) is 2. The first kappa shape index (κ1) is 13.2. The van der Waals surface area contributed by atoms with Gasteiger partial charge >= 0.3 is 5.97 Å². The zero-order chi connectivity index (χ0) is 12.8. The molecule has 0 saturated carbocycles. The Morgan fingerprint density at radius 3 is 2.76 bits per heavy atom. The lowest BCUT2D eigenvalue weighted by Gasteiger charge is -2.12. The molecule has 0 aliphatic rings. The van der Waals surface area contributed by atoms with Crippen molar-refractivity contribution in [1.29, 1.82) is 0 Å². The zero-order valence-corrected chi connectivity index (χ0v) is 10.0. The van der Waals surface area contributed by atoms with Crippen LogP contribution in [0, 0.1) is 5.92 Å². The molecule has 0 aromatic carbocycles. The van der Waals surface area contributed by atoms with Crippen molar-refractivity contribution < 1.29 is 14.7 Å². The fourth-order valence-electron chi connectivity index (χ4n) is 1.56. The van der Waals surface area contributed by atoms with Crippen LogP contribution in [0.15, 0.2) is 12.3 Å². The van der Waals surface area contributed by atoms with Crippen LogP contribution >= 0.6 is 0 Å². The third-order valence-corrected chi connectivity index (χ3v) is 2.55. The number of carboxylic acids is 1. The van der Waals surface area contributed by atoms with Gasteiger partial charge in [0.25, 0.3) is 5.91 Å². The van der Waals surface area contributed by atoms with Crippen LogP contribution in [0.1, 0.15) is 30.3 Å². The van der Waals surface area contributed by atoms with Gasteiger partial charge < -0.3 is 10.4 Å². The van der Waals surface area contributed by atoms with Gasteiger partial charge in [0.15, 0.2) is 0 Å². The minimum absolute atomic E-state index is 0.146. The van der Waals surface area contributed by atoms with E-state index in [0.717, 1.165) is 6.42 Å². The lowest BCUT2D eigenvalue weighted by molar-refractivity contribution is -0.141. The maximum absolute atomic E-state index is 11.7. The summed E-state index contributed by atoms with van der Waals surface area (Å²) in [7, 11) is 1.66. The topological polar surface area (TPSA) is 84.2 Å². The van der Waals surface area contributed by atoms with E-state index in [0.29, 0.717) is 12.1 Å². The lowest BCUT2D eigenvalue weighted by atomic mass is 10.0. The predicted octanol–water partition coefficient (Wildman–Crippen LogP) is 0.651. The lowest BCUT2D eigenvalue weighted by Crippen LogP contribution is -2.33. The van der Waals surface area contributed by atoms with E-state index < -0.39 is 11.9 Å². The molecule has 1 aromatic heterocycles. The van der Waals surface area contributed by atoms with Gasteiger partial charge in [0.05, 0.1) is 5.92 Å². The molecule has 0 bridgehead atoms. The van der Waals surface area contributed by atoms with Crippen LogP contribution in [0.25, 0.3) is 0 Å². The number of carbonyl (C=O) groups excluding carboxylic acids is 1. The summed E-state index contributed by atoms with van der Waals surface area (Å²) < 4.78 is 1.45. The van der Waals surface area contributed by atoms with Crippen molar-refractivity contribution in [2.24, 2.45) is 13.0 Å². The van der Waals surface area contributed by atoms with E-state index in [1.165, 1.54) is 10.9 Å². The summed E-state index contributed by atoms with van der Waals surface area (Å²) in [6.07, 6.45) is 2.86. The standard InChI is InChI=1S/C11H17N3O3/c1-3-4-8(11(16)17)7-12-10(15)9-5-6-13-14(9)2/h5-6,8H,3-4,7H2,1-2H3,(H,12,15)(H,16,17). The van der Waals surface area contributed by atoms with Gasteiger partial charge in [0.1, 0.15) is 5.69 Å². The molecule has 0 saturated heterocycles. The summed E-state index contributed by atoms with van der Waals surface area (Å²) in [4.78, 5) is 22.6. The van der Waals surface area contributed by atoms with Gasteiger partial charge in [-0.05, 0) is 12.5 Å². The molecule has 0 radical (unpaired) electrons. The molecule has 0 fully saturated rings. The Morgan fingerprint density at radius 2 is 2.29 bits per heavy atom. The number of aliphatic carboxylic acids is 1. The third-order valence-electron chi connectivity index (χ3n) is 2.55. The third kappa shape index (κ3) is 3.58. The zero-order valence-electron chi connectivity index (χ0n) is 10.0. The molecule has 1 atom stereocenters. The highest BCUT2D eigenvalue weighted by Gasteiger charge is 2.18. The fourth-order valence-corrected chi connectivity index (χ4v) is 1.56. The highest BCUT2D eigenvalue weighted by Crippen LogP contribution is 2.05. The second-order valence-electron chi connectivity index (χ2n) is 3.87. The first-order valence-corrected chi connectivity index (χ1v) is 5.55. The number of rotatable bonds is 6. The summed E-state index contributed by atoms with van der Waals surface area (Å²) in [6, 6.07) is 1.59. The molecule has 1 aromatic rings. The first-order valence-electron chi connectivity index (χ1n) is 5.55. The molecular weight excluding hydrogens is 222 g/mol. The van der Waals surface area contributed by atoms with Crippen molar-refractivity contribution in [3.63, 3.8) is 0 Å². The summed E-state index contributed by atoms with van der Waals surface area (Å²) in [5.74, 6) is -1.71. The van der Waals surface area contributed by atoms with E-state index in [4.69, 9.17) is 5.11 Å². The summed E-state index contributed by atoms with van der Waals surface area (Å²) in [5.41, 5.74) is 0.422. The molecular formula is C11H17N3O3. The van der Waals surface area contributed by atoms with E-state index in [-0.39, 0.29) is 12.5 Å². The summed E-state index contributed by atoms with van der Waals surface area (Å²) in [5, 5.41) is 15.4. The molecule has 1 unspecified atom stereocenters. The number of nitrogens with zero attached hydrogens (tertiary/aromatic N) is 2. The van der Waals surface area contributed by atoms with Gasteiger partial charge in [-0.3, -0.25) is 14.3 Å². The van der Waals surface area contributed by atoms with Gasteiger partial charge in [0, 0.05) is 19.8 Å². The number of carbonyl (C=O) groups is 2. The van der Waals surface area contributed by atoms with E-state index >= 15 is 0 Å². The van der Waals surface area contributed by atoms with Gasteiger partial charge in [-0.15, -0.1) is 0 Å². The Kier molecular flexibility index (Phi) is 4.68. The Hall–Kier alpha value is -1.85. The normalized spacial score (nSPS) is 12.1. The molecule has 94 valence electrons. The number of nitrogens with one attached hydrogen (secondary N) is 1. The maximum atomic E-state index is 11.7. The number of aryl methyl sites for hydroxylation is 1. The Morgan fingerprint density at radius 1 is 1.59 bits per heavy atom. The van der Waals surface area contributed by atoms with Gasteiger partial charge in [-0.2, -0.15) is 5.10 Å². The van der Waals surface area contributed by atoms with Crippen molar-refractivity contribution in [2.45, 2.75) is 19.8 Å². The molecule has 1 rings (SSSR count). The van der Waals surface area contributed by atoms with Crippen molar-refractivity contribution in [3.05, 3.63) is 18.0 Å². The van der Waals surface area contributed by atoms with E-state index in [1.54, 1.807) is 13.1 Å². The van der Waals surface area contributed by atoms with Crippen LogP contribution in [-0.2, 0) is 11.8 Å². The van der Waals surface area contributed by atoms with Gasteiger partial charge in [0.2, 0.25) is 0 Å². The van der Waals surface area contributed by atoms with Crippen LogP contribution in [0.3, 0.4) is 0 Å². The quantitative estimate of drug-likeness (QED) is 0.763. The Labute approximate surface area is 99.6 Å². The van der Waals surface area contributed by atoms with E-state index in [1.807, 2.05) is 6.92 Å². The molecule has 6 nitrogen and oxygen atoms in total. The van der Waals surface area contributed by atoms with Crippen LogP contribution in [0.2, 0.25) is 0 Å². The molecule has 0 aliphatic carbocycles. The van der Waals surface area contributed by atoms with Crippen molar-refractivity contribution in [2.75, 3.05) is 6.54 Å². The molecule has 6 heteroatoms. The molecule has 0 aliphatic heterocycles. The highest BCUT2D eigenvalue weighted by atomic mass is 16.4. The minimum atomic E-state index is -0.878. The van der Waals surface area contributed by atoms with Crippen LogP contribution in [0.4, 0.5) is 0 Å². The second kappa shape index (κ2) is 6.03. The molecule has 1 heterocycles. The number of carboxylic acid groups (broad SMARTS) is 1. The monoisotopic (exact) mass is 239 g/mol. The van der Waals surface area contributed by atoms with Crippen LogP contribution < -0.4 is 5.32 Å². The van der Waals surface area contributed by atoms with Crippen molar-refractivity contribution in [1.82, 2.24) is 15.1 Å². The molecule has 2 N–H and O–H groups in total. The van der Waals surface area contributed by atoms with Gasteiger partial charge in [-0.1, -0.05) is 13.3 Å². The molecule has 0 spiro atoms. The van der Waals surface area contributed by atoms with E-state index in [2.05, 4.69) is 10.4 Å². The minimum Gasteiger partial charge on any atom is -0.481 e. The largest absolute Gasteiger partial charge is 0.481 e. The molecule has 17 heavy (non-hydrogen) atoms. The molecule has 1 amide bonds. The highest BCUT2D eigenvalue weighted by molar-refractivity contribution is 5.92. The average Bonchev–Trinajstić information content (AvgIpc) is 2.69. The van der Waals surface area contributed by atoms with E-state index in [9.17, 15) is 9.59 Å². The summed E-state index contributed by atoms with van der Waals surface area (Å²) >= 11 is 0. The first-order chi connectivity index (χ1) is 8.06. The van der Waals surface area contributed by atoms with Crippen LogP contribution in [-0.4, -0.2) is 33.3 Å². The predicted molar refractivity (Wildman–Crippen MR) is 61.6 cm³/mol. The smallest absolute Gasteiger partial charge is 0.308 e. The average molecular weight is 239 g/mol. The second-order valence-corrected chi connectivity index (χ2v) is 3.87. The SMILES string of the molecule is CCCC(CNC(=O)c1ccnn1C)C(=O)O. The number of amides is 1. The fraction of sp³-hybridized carbons (Fsp3) is 0.545. The Balaban J connectivity index is 2.52. The van der Waals surface area contributed by atoms with Crippen LogP contribution in [0.5, 0.6) is 0 Å². The Bertz CT molecular complexity index is 400. The van der Waals surface area contributed by atoms with Crippen molar-refractivity contribution in [3.8, 4) is 0 Å². The van der Waals surface area contributed by atoms with Gasteiger partial charge in [-0.25, -0.2) is 0 Å². The summed E-state index contributed by atoms with van der Waals surface area (Å²) in [6.45, 7) is 2.06. The maximum Gasteiger partial charge on any atom is 0.308 e.